The summed E-state index contributed by atoms with van der Waals surface area (Å²) in [7, 11) is 0. The lowest BCUT2D eigenvalue weighted by Gasteiger charge is -2.22. The molecule has 1 aromatic heterocycles. The van der Waals surface area contributed by atoms with Crippen molar-refractivity contribution in [2.24, 2.45) is 5.92 Å². The summed E-state index contributed by atoms with van der Waals surface area (Å²) in [4.78, 5) is 14.6. The summed E-state index contributed by atoms with van der Waals surface area (Å²) in [5.41, 5.74) is 2.99. The molecule has 0 radical (unpaired) electrons. The second-order valence-electron chi connectivity index (χ2n) is 6.43. The van der Waals surface area contributed by atoms with E-state index in [-0.39, 0.29) is 11.8 Å². The number of hydrogen-bond acceptors (Lipinski definition) is 3. The van der Waals surface area contributed by atoms with E-state index in [1.807, 2.05) is 33.8 Å². The quantitative estimate of drug-likeness (QED) is 0.840. The number of nitrogens with zero attached hydrogens (tertiary/aromatic N) is 3. The number of benzene rings is 1. The highest BCUT2D eigenvalue weighted by atomic mass is 35.5. The van der Waals surface area contributed by atoms with Crippen LogP contribution < -0.4 is 0 Å². The molecular weight excluding hydrogens is 326 g/mol. The van der Waals surface area contributed by atoms with Crippen LogP contribution in [-0.2, 0) is 22.6 Å². The van der Waals surface area contributed by atoms with Gasteiger partial charge in [-0.1, -0.05) is 23.7 Å². The van der Waals surface area contributed by atoms with E-state index in [9.17, 15) is 4.79 Å². The Bertz CT molecular complexity index is 752. The van der Waals surface area contributed by atoms with Gasteiger partial charge >= 0.3 is 0 Å². The van der Waals surface area contributed by atoms with Crippen molar-refractivity contribution >= 4 is 17.5 Å². The minimum atomic E-state index is 0.0203. The molecule has 24 heavy (non-hydrogen) atoms. The van der Waals surface area contributed by atoms with Crippen LogP contribution in [0.1, 0.15) is 18.5 Å². The Kier molecular flexibility index (Phi) is 4.29. The molecule has 0 saturated carbocycles. The normalized spacial score (nSPS) is 20.7. The lowest BCUT2D eigenvalue weighted by Crippen LogP contribution is -2.36. The topological polar surface area (TPSA) is 47.4 Å². The molecule has 1 atom stereocenters. The zero-order chi connectivity index (χ0) is 16.5. The average molecular weight is 346 g/mol. The van der Waals surface area contributed by atoms with Gasteiger partial charge in [-0.2, -0.15) is 5.10 Å². The number of fused-ring (bicyclic) bond motifs is 1. The second kappa shape index (κ2) is 6.57. The lowest BCUT2D eigenvalue weighted by molar-refractivity contribution is -0.136. The van der Waals surface area contributed by atoms with E-state index in [4.69, 9.17) is 21.4 Å². The van der Waals surface area contributed by atoms with Gasteiger partial charge in [-0.15, -0.1) is 0 Å². The third kappa shape index (κ3) is 3.06. The molecule has 0 unspecified atom stereocenters. The molecule has 2 aliphatic heterocycles. The van der Waals surface area contributed by atoms with Crippen LogP contribution in [0.2, 0.25) is 5.02 Å². The average Bonchev–Trinajstić information content (AvgIpc) is 3.20. The maximum Gasteiger partial charge on any atom is 0.228 e. The van der Waals surface area contributed by atoms with E-state index < -0.39 is 0 Å². The summed E-state index contributed by atoms with van der Waals surface area (Å²) in [5, 5.41) is 5.41. The zero-order valence-corrected chi connectivity index (χ0v) is 14.2. The second-order valence-corrected chi connectivity index (χ2v) is 6.86. The van der Waals surface area contributed by atoms with Gasteiger partial charge in [0.1, 0.15) is 0 Å². The molecule has 6 heteroatoms. The highest BCUT2D eigenvalue weighted by Gasteiger charge is 2.29. The zero-order valence-electron chi connectivity index (χ0n) is 13.4. The molecule has 3 heterocycles. The van der Waals surface area contributed by atoms with Crippen LogP contribution in [-0.4, -0.2) is 40.3 Å². The number of amides is 1. The van der Waals surface area contributed by atoms with E-state index in [1.54, 1.807) is 0 Å². The Balaban J connectivity index is 1.57. The fraction of sp³-hybridized carbons (Fsp3) is 0.444. The number of rotatable bonds is 2. The SMILES string of the molecule is O=C([C@@H]1CCOC1)N1CCCn2nc(-c3cccc(Cl)c3)cc2C1. The molecule has 4 rings (SSSR count). The van der Waals surface area contributed by atoms with E-state index in [2.05, 4.69) is 6.07 Å². The third-order valence-electron chi connectivity index (χ3n) is 4.73. The Morgan fingerprint density at radius 2 is 2.21 bits per heavy atom. The molecule has 0 spiro atoms. The molecule has 0 aliphatic carbocycles. The van der Waals surface area contributed by atoms with Crippen molar-refractivity contribution in [2.75, 3.05) is 19.8 Å². The van der Waals surface area contributed by atoms with Gasteiger partial charge in [-0.25, -0.2) is 0 Å². The molecule has 2 aliphatic rings. The van der Waals surface area contributed by atoms with Crippen molar-refractivity contribution in [1.29, 1.82) is 0 Å². The number of hydrogen-bond donors (Lipinski definition) is 0. The van der Waals surface area contributed by atoms with Crippen molar-refractivity contribution in [3.05, 3.63) is 41.0 Å². The van der Waals surface area contributed by atoms with Gasteiger partial charge in [0.05, 0.1) is 30.5 Å². The first-order valence-electron chi connectivity index (χ1n) is 8.40. The molecule has 0 N–H and O–H groups in total. The van der Waals surface area contributed by atoms with Gasteiger partial charge in [0.25, 0.3) is 0 Å². The highest BCUT2D eigenvalue weighted by molar-refractivity contribution is 6.30. The van der Waals surface area contributed by atoms with Crippen LogP contribution in [0.15, 0.2) is 30.3 Å². The van der Waals surface area contributed by atoms with Crippen molar-refractivity contribution < 1.29 is 9.53 Å². The highest BCUT2D eigenvalue weighted by Crippen LogP contribution is 2.25. The first-order valence-corrected chi connectivity index (χ1v) is 8.78. The van der Waals surface area contributed by atoms with Gasteiger partial charge in [0.2, 0.25) is 5.91 Å². The predicted molar refractivity (Wildman–Crippen MR) is 91.6 cm³/mol. The number of carbonyl (C=O) groups is 1. The van der Waals surface area contributed by atoms with E-state index in [0.29, 0.717) is 24.8 Å². The van der Waals surface area contributed by atoms with Crippen LogP contribution in [0.5, 0.6) is 0 Å². The van der Waals surface area contributed by atoms with Crippen LogP contribution in [0.25, 0.3) is 11.3 Å². The van der Waals surface area contributed by atoms with Gasteiger partial charge in [-0.3, -0.25) is 9.48 Å². The summed E-state index contributed by atoms with van der Waals surface area (Å²) in [6.07, 6.45) is 1.76. The maximum atomic E-state index is 12.7. The molecular formula is C18H20ClN3O2. The monoisotopic (exact) mass is 345 g/mol. The Hall–Kier alpha value is -1.85. The molecule has 126 valence electrons. The van der Waals surface area contributed by atoms with Crippen molar-refractivity contribution in [3.8, 4) is 11.3 Å². The number of aryl methyl sites for hydroxylation is 1. The van der Waals surface area contributed by atoms with Gasteiger partial charge in [0.15, 0.2) is 0 Å². The maximum absolute atomic E-state index is 12.7. The first-order chi connectivity index (χ1) is 11.7. The molecule has 2 aromatic rings. The fourth-order valence-electron chi connectivity index (χ4n) is 3.43. The fourth-order valence-corrected chi connectivity index (χ4v) is 3.62. The smallest absolute Gasteiger partial charge is 0.228 e. The van der Waals surface area contributed by atoms with Crippen LogP contribution in [0.3, 0.4) is 0 Å². The van der Waals surface area contributed by atoms with Crippen molar-refractivity contribution in [1.82, 2.24) is 14.7 Å². The summed E-state index contributed by atoms with van der Waals surface area (Å²) in [6, 6.07) is 9.78. The molecule has 5 nitrogen and oxygen atoms in total. The van der Waals surface area contributed by atoms with Crippen molar-refractivity contribution in [3.63, 3.8) is 0 Å². The van der Waals surface area contributed by atoms with E-state index >= 15 is 0 Å². The summed E-state index contributed by atoms with van der Waals surface area (Å²) >= 11 is 6.09. The molecule has 1 aromatic carbocycles. The first kappa shape index (κ1) is 15.7. The minimum absolute atomic E-state index is 0.0203. The van der Waals surface area contributed by atoms with Crippen molar-refractivity contribution in [2.45, 2.75) is 25.9 Å². The predicted octanol–water partition coefficient (Wildman–Crippen LogP) is 2.97. The van der Waals surface area contributed by atoms with Gasteiger partial charge < -0.3 is 9.64 Å². The molecule has 1 saturated heterocycles. The van der Waals surface area contributed by atoms with Crippen LogP contribution >= 0.6 is 11.6 Å². The van der Waals surface area contributed by atoms with Crippen LogP contribution in [0, 0.1) is 5.92 Å². The molecule has 1 fully saturated rings. The van der Waals surface area contributed by atoms with E-state index in [0.717, 1.165) is 42.9 Å². The lowest BCUT2D eigenvalue weighted by atomic mass is 10.1. The van der Waals surface area contributed by atoms with Crippen LogP contribution in [0.4, 0.5) is 0 Å². The Labute approximate surface area is 146 Å². The standard InChI is InChI=1S/C18H20ClN3O2/c19-15-4-1-3-13(9-15)17-10-16-11-21(6-2-7-22(16)20-17)18(23)14-5-8-24-12-14/h1,3-4,9-10,14H,2,5-8,11-12H2/t14-/m1/s1. The third-order valence-corrected chi connectivity index (χ3v) is 4.96. The summed E-state index contributed by atoms with van der Waals surface area (Å²) in [6.45, 7) is 3.48. The van der Waals surface area contributed by atoms with Gasteiger partial charge in [0, 0.05) is 30.3 Å². The number of carbonyl (C=O) groups excluding carboxylic acids is 1. The summed E-state index contributed by atoms with van der Waals surface area (Å²) in [5.74, 6) is 0.235. The number of ether oxygens (including phenoxy) is 1. The number of halogens is 1. The number of aromatic nitrogens is 2. The molecule has 0 bridgehead atoms. The van der Waals surface area contributed by atoms with E-state index in [1.165, 1.54) is 0 Å². The Morgan fingerprint density at radius 1 is 1.29 bits per heavy atom. The van der Waals surface area contributed by atoms with Gasteiger partial charge in [-0.05, 0) is 31.0 Å². The largest absolute Gasteiger partial charge is 0.381 e. The Morgan fingerprint density at radius 3 is 3.00 bits per heavy atom. The minimum Gasteiger partial charge on any atom is -0.381 e. The molecule has 1 amide bonds. The summed E-state index contributed by atoms with van der Waals surface area (Å²) < 4.78 is 7.39.